The van der Waals surface area contributed by atoms with Gasteiger partial charge in [0.2, 0.25) is 0 Å². The molecule has 3 nitrogen and oxygen atoms in total. The minimum absolute atomic E-state index is 0.102. The fraction of sp³-hybridized carbons (Fsp3) is 0.429. The lowest BCUT2D eigenvalue weighted by Crippen LogP contribution is -2.15. The number of hydrogen-bond acceptors (Lipinski definition) is 3. The number of rotatable bonds is 2. The van der Waals surface area contributed by atoms with Gasteiger partial charge in [0.05, 0.1) is 12.7 Å². The molecule has 1 unspecified atom stereocenters. The third-order valence-corrected chi connectivity index (χ3v) is 4.17. The highest BCUT2D eigenvalue weighted by atomic mass is 16.5. The zero-order valence-corrected chi connectivity index (χ0v) is 9.73. The number of hydrogen-bond donors (Lipinski definition) is 0. The van der Waals surface area contributed by atoms with E-state index in [0.29, 0.717) is 5.56 Å². The smallest absolute Gasteiger partial charge is 0.337 e. The predicted octanol–water partition coefficient (Wildman–Crippen LogP) is 1.88. The molecule has 1 saturated carbocycles. The molecule has 0 aromatic heterocycles. The quantitative estimate of drug-likeness (QED) is 0.575. The summed E-state index contributed by atoms with van der Waals surface area (Å²) in [5.41, 5.74) is 3.09. The van der Waals surface area contributed by atoms with Crippen LogP contribution in [0.4, 0.5) is 0 Å². The molecule has 2 aliphatic rings. The summed E-state index contributed by atoms with van der Waals surface area (Å²) in [5, 5.41) is 0. The molecule has 3 heteroatoms. The summed E-state index contributed by atoms with van der Waals surface area (Å²) in [6, 6.07) is 5.68. The van der Waals surface area contributed by atoms with E-state index in [2.05, 4.69) is 0 Å². The standard InChI is InChI=1S/C14H14O3/c1-17-13(16)9-2-3-12-10(6-9)7-11(8-15)14(12)4-5-14/h2-3,6,8,11H,4-5,7H2,1H3. The summed E-state index contributed by atoms with van der Waals surface area (Å²) in [7, 11) is 1.38. The van der Waals surface area contributed by atoms with Gasteiger partial charge >= 0.3 is 5.97 Å². The molecule has 1 atom stereocenters. The van der Waals surface area contributed by atoms with Gasteiger partial charge in [-0.25, -0.2) is 4.79 Å². The van der Waals surface area contributed by atoms with Crippen LogP contribution < -0.4 is 0 Å². The Morgan fingerprint density at radius 3 is 2.82 bits per heavy atom. The van der Waals surface area contributed by atoms with Crippen LogP contribution in [0.1, 0.15) is 34.3 Å². The predicted molar refractivity (Wildman–Crippen MR) is 62.0 cm³/mol. The molecule has 1 fully saturated rings. The first-order valence-corrected chi connectivity index (χ1v) is 5.88. The molecule has 0 saturated heterocycles. The zero-order valence-electron chi connectivity index (χ0n) is 9.73. The molecule has 88 valence electrons. The Bertz CT molecular complexity index is 500. The molecule has 3 rings (SSSR count). The lowest BCUT2D eigenvalue weighted by atomic mass is 9.90. The summed E-state index contributed by atoms with van der Waals surface area (Å²) in [4.78, 5) is 22.6. The fourth-order valence-corrected chi connectivity index (χ4v) is 3.08. The molecular formula is C14H14O3. The van der Waals surface area contributed by atoms with Crippen molar-refractivity contribution in [1.82, 2.24) is 0 Å². The van der Waals surface area contributed by atoms with Crippen molar-refractivity contribution in [2.75, 3.05) is 7.11 Å². The van der Waals surface area contributed by atoms with Crippen LogP contribution in [-0.2, 0) is 21.4 Å². The number of methoxy groups -OCH3 is 1. The zero-order chi connectivity index (χ0) is 12.0. The van der Waals surface area contributed by atoms with E-state index in [4.69, 9.17) is 4.74 Å². The third kappa shape index (κ3) is 1.35. The highest BCUT2D eigenvalue weighted by Crippen LogP contribution is 2.59. The second-order valence-corrected chi connectivity index (χ2v) is 4.97. The molecule has 0 bridgehead atoms. The minimum Gasteiger partial charge on any atom is -0.465 e. The SMILES string of the molecule is COC(=O)c1ccc2c(c1)CC(C=O)C21CC1. The largest absolute Gasteiger partial charge is 0.465 e. The van der Waals surface area contributed by atoms with Crippen molar-refractivity contribution >= 4 is 12.3 Å². The van der Waals surface area contributed by atoms with E-state index < -0.39 is 0 Å². The summed E-state index contributed by atoms with van der Waals surface area (Å²) >= 11 is 0. The topological polar surface area (TPSA) is 43.4 Å². The monoisotopic (exact) mass is 230 g/mol. The van der Waals surface area contributed by atoms with Crippen LogP contribution in [0.3, 0.4) is 0 Å². The Balaban J connectivity index is 2.03. The number of aldehydes is 1. The van der Waals surface area contributed by atoms with Gasteiger partial charge < -0.3 is 9.53 Å². The third-order valence-electron chi connectivity index (χ3n) is 4.17. The van der Waals surface area contributed by atoms with E-state index in [0.717, 1.165) is 31.1 Å². The molecule has 1 aromatic carbocycles. The number of esters is 1. The first-order chi connectivity index (χ1) is 8.21. The molecule has 0 N–H and O–H groups in total. The molecule has 1 spiro atoms. The van der Waals surface area contributed by atoms with Gasteiger partial charge in [-0.15, -0.1) is 0 Å². The molecule has 0 amide bonds. The molecule has 1 aromatic rings. The van der Waals surface area contributed by atoms with Crippen molar-refractivity contribution in [1.29, 1.82) is 0 Å². The molecule has 17 heavy (non-hydrogen) atoms. The molecule has 0 radical (unpaired) electrons. The maximum atomic E-state index is 11.4. The maximum absolute atomic E-state index is 11.4. The van der Waals surface area contributed by atoms with Crippen molar-refractivity contribution < 1.29 is 14.3 Å². The number of benzene rings is 1. The van der Waals surface area contributed by atoms with Crippen LogP contribution in [0.2, 0.25) is 0 Å². The van der Waals surface area contributed by atoms with Crippen molar-refractivity contribution in [3.05, 3.63) is 34.9 Å². The maximum Gasteiger partial charge on any atom is 0.337 e. The summed E-state index contributed by atoms with van der Waals surface area (Å²) < 4.78 is 4.71. The number of ether oxygens (including phenoxy) is 1. The van der Waals surface area contributed by atoms with Gasteiger partial charge in [-0.3, -0.25) is 0 Å². The highest BCUT2D eigenvalue weighted by molar-refractivity contribution is 5.90. The second-order valence-electron chi connectivity index (χ2n) is 4.97. The number of carbonyl (C=O) groups is 2. The Morgan fingerprint density at radius 2 is 2.24 bits per heavy atom. The Hall–Kier alpha value is -1.64. The minimum atomic E-state index is -0.313. The van der Waals surface area contributed by atoms with E-state index in [1.54, 1.807) is 6.07 Å². The Kier molecular flexibility index (Phi) is 2.12. The van der Waals surface area contributed by atoms with E-state index in [-0.39, 0.29) is 17.3 Å². The first kappa shape index (κ1) is 10.5. The van der Waals surface area contributed by atoms with Crippen molar-refractivity contribution in [2.24, 2.45) is 5.92 Å². The molecular weight excluding hydrogens is 216 g/mol. The van der Waals surface area contributed by atoms with Gasteiger partial charge in [0.15, 0.2) is 0 Å². The van der Waals surface area contributed by atoms with E-state index in [1.165, 1.54) is 12.7 Å². The van der Waals surface area contributed by atoms with Crippen LogP contribution >= 0.6 is 0 Å². The average molecular weight is 230 g/mol. The van der Waals surface area contributed by atoms with Crippen LogP contribution in [0.15, 0.2) is 18.2 Å². The first-order valence-electron chi connectivity index (χ1n) is 5.88. The Labute approximate surface area is 99.8 Å². The van der Waals surface area contributed by atoms with Gasteiger partial charge in [-0.2, -0.15) is 0 Å². The van der Waals surface area contributed by atoms with Crippen LogP contribution in [0, 0.1) is 5.92 Å². The van der Waals surface area contributed by atoms with Gasteiger partial charge in [0.25, 0.3) is 0 Å². The van der Waals surface area contributed by atoms with Crippen molar-refractivity contribution in [3.8, 4) is 0 Å². The van der Waals surface area contributed by atoms with Crippen LogP contribution in [0.25, 0.3) is 0 Å². The highest BCUT2D eigenvalue weighted by Gasteiger charge is 2.55. The average Bonchev–Trinajstić information content (AvgIpc) is 3.08. The van der Waals surface area contributed by atoms with E-state index >= 15 is 0 Å². The lowest BCUT2D eigenvalue weighted by Gasteiger charge is -2.12. The van der Waals surface area contributed by atoms with Gasteiger partial charge in [0, 0.05) is 11.3 Å². The molecule has 2 aliphatic carbocycles. The summed E-state index contributed by atoms with van der Waals surface area (Å²) in [5.74, 6) is -0.211. The van der Waals surface area contributed by atoms with Crippen LogP contribution in [-0.4, -0.2) is 19.4 Å². The summed E-state index contributed by atoms with van der Waals surface area (Å²) in [6.45, 7) is 0. The van der Waals surface area contributed by atoms with Gasteiger partial charge in [-0.05, 0) is 42.5 Å². The summed E-state index contributed by atoms with van der Waals surface area (Å²) in [6.07, 6.45) is 4.04. The van der Waals surface area contributed by atoms with Gasteiger partial charge in [0.1, 0.15) is 6.29 Å². The number of carbonyl (C=O) groups excluding carboxylic acids is 2. The lowest BCUT2D eigenvalue weighted by molar-refractivity contribution is -0.111. The van der Waals surface area contributed by atoms with Crippen molar-refractivity contribution in [3.63, 3.8) is 0 Å². The van der Waals surface area contributed by atoms with E-state index in [9.17, 15) is 9.59 Å². The van der Waals surface area contributed by atoms with E-state index in [1.807, 2.05) is 12.1 Å². The van der Waals surface area contributed by atoms with Gasteiger partial charge in [-0.1, -0.05) is 6.07 Å². The Morgan fingerprint density at radius 1 is 1.47 bits per heavy atom. The molecule has 0 heterocycles. The second kappa shape index (κ2) is 3.42. The molecule has 0 aliphatic heterocycles. The number of fused-ring (bicyclic) bond motifs is 2. The fourth-order valence-electron chi connectivity index (χ4n) is 3.08. The van der Waals surface area contributed by atoms with Crippen molar-refractivity contribution in [2.45, 2.75) is 24.7 Å². The normalized spacial score (nSPS) is 23.2. The van der Waals surface area contributed by atoms with Crippen LogP contribution in [0.5, 0.6) is 0 Å².